The zero-order valence-corrected chi connectivity index (χ0v) is 13.5. The Morgan fingerprint density at radius 2 is 1.77 bits per heavy atom. The molecule has 0 spiro atoms. The molecule has 22 heavy (non-hydrogen) atoms. The number of hydrogen-bond donors (Lipinski definition) is 2. The SMILES string of the molecule is CCCCCNc1cc(Nc2ccc(OC)cc2)nc(C)n1. The molecule has 0 unspecified atom stereocenters. The molecule has 118 valence electrons. The molecule has 0 saturated carbocycles. The largest absolute Gasteiger partial charge is 0.497 e. The molecule has 2 aromatic rings. The van der Waals surface area contributed by atoms with E-state index in [1.54, 1.807) is 7.11 Å². The fourth-order valence-corrected chi connectivity index (χ4v) is 2.14. The molecule has 0 amide bonds. The number of hydrogen-bond acceptors (Lipinski definition) is 5. The summed E-state index contributed by atoms with van der Waals surface area (Å²) in [5.74, 6) is 3.23. The first-order valence-corrected chi connectivity index (χ1v) is 7.72. The van der Waals surface area contributed by atoms with E-state index >= 15 is 0 Å². The third kappa shape index (κ3) is 4.91. The number of rotatable bonds is 8. The van der Waals surface area contributed by atoms with Crippen LogP contribution < -0.4 is 15.4 Å². The van der Waals surface area contributed by atoms with Crippen LogP contribution in [0, 0.1) is 6.92 Å². The van der Waals surface area contributed by atoms with Crippen molar-refractivity contribution in [1.29, 1.82) is 0 Å². The van der Waals surface area contributed by atoms with Gasteiger partial charge in [0, 0.05) is 18.3 Å². The minimum atomic E-state index is 0.747. The van der Waals surface area contributed by atoms with Crippen LogP contribution in [0.1, 0.15) is 32.0 Å². The maximum absolute atomic E-state index is 5.16. The van der Waals surface area contributed by atoms with Gasteiger partial charge in [-0.1, -0.05) is 19.8 Å². The van der Waals surface area contributed by atoms with Gasteiger partial charge in [0.05, 0.1) is 7.11 Å². The van der Waals surface area contributed by atoms with Crippen LogP contribution in [0.25, 0.3) is 0 Å². The van der Waals surface area contributed by atoms with Gasteiger partial charge in [0.15, 0.2) is 0 Å². The summed E-state index contributed by atoms with van der Waals surface area (Å²) in [6, 6.07) is 9.69. The van der Waals surface area contributed by atoms with Crippen LogP contribution in [-0.2, 0) is 0 Å². The van der Waals surface area contributed by atoms with Crippen molar-refractivity contribution in [2.45, 2.75) is 33.1 Å². The van der Waals surface area contributed by atoms with Gasteiger partial charge in [0.2, 0.25) is 0 Å². The molecule has 5 nitrogen and oxygen atoms in total. The molecule has 0 radical (unpaired) electrons. The van der Waals surface area contributed by atoms with Crippen LogP contribution in [0.3, 0.4) is 0 Å². The van der Waals surface area contributed by atoms with Gasteiger partial charge in [0.1, 0.15) is 23.2 Å². The maximum atomic E-state index is 5.16. The van der Waals surface area contributed by atoms with E-state index in [0.29, 0.717) is 0 Å². The number of aryl methyl sites for hydroxylation is 1. The van der Waals surface area contributed by atoms with Crippen LogP contribution in [-0.4, -0.2) is 23.6 Å². The second-order valence-corrected chi connectivity index (χ2v) is 5.17. The highest BCUT2D eigenvalue weighted by atomic mass is 16.5. The molecule has 1 heterocycles. The zero-order chi connectivity index (χ0) is 15.8. The van der Waals surface area contributed by atoms with Crippen molar-refractivity contribution in [1.82, 2.24) is 9.97 Å². The Labute approximate surface area is 132 Å². The molecular weight excluding hydrogens is 276 g/mol. The van der Waals surface area contributed by atoms with Crippen molar-refractivity contribution in [3.63, 3.8) is 0 Å². The van der Waals surface area contributed by atoms with Crippen LogP contribution in [0.4, 0.5) is 17.3 Å². The lowest BCUT2D eigenvalue weighted by atomic mass is 10.2. The van der Waals surface area contributed by atoms with Gasteiger partial charge in [-0.3, -0.25) is 0 Å². The minimum absolute atomic E-state index is 0.747. The second kappa shape index (κ2) is 8.22. The topological polar surface area (TPSA) is 59.1 Å². The molecule has 1 aromatic heterocycles. The molecule has 0 fully saturated rings. The van der Waals surface area contributed by atoms with Crippen molar-refractivity contribution in [2.75, 3.05) is 24.3 Å². The Balaban J connectivity index is 2.01. The molecular formula is C17H24N4O. The number of aromatic nitrogens is 2. The summed E-state index contributed by atoms with van der Waals surface area (Å²) in [5, 5.41) is 6.64. The normalized spacial score (nSPS) is 10.3. The molecule has 0 bridgehead atoms. The standard InChI is InChI=1S/C17H24N4O/c1-4-5-6-11-18-16-12-17(20-13(2)19-16)21-14-7-9-15(22-3)10-8-14/h7-10,12H,4-6,11H2,1-3H3,(H2,18,19,20,21). The number of benzene rings is 1. The third-order valence-corrected chi connectivity index (χ3v) is 3.29. The Kier molecular flexibility index (Phi) is 6.01. The average Bonchev–Trinajstić information content (AvgIpc) is 2.52. The number of anilines is 3. The van der Waals surface area contributed by atoms with E-state index in [0.717, 1.165) is 41.9 Å². The van der Waals surface area contributed by atoms with Crippen molar-refractivity contribution in [2.24, 2.45) is 0 Å². The summed E-state index contributed by atoms with van der Waals surface area (Å²) in [4.78, 5) is 8.84. The lowest BCUT2D eigenvalue weighted by Gasteiger charge is -2.10. The highest BCUT2D eigenvalue weighted by Gasteiger charge is 2.02. The van der Waals surface area contributed by atoms with E-state index in [1.165, 1.54) is 12.8 Å². The van der Waals surface area contributed by atoms with Crippen LogP contribution >= 0.6 is 0 Å². The lowest BCUT2D eigenvalue weighted by Crippen LogP contribution is -2.06. The summed E-state index contributed by atoms with van der Waals surface area (Å²) in [7, 11) is 1.66. The monoisotopic (exact) mass is 300 g/mol. The number of ether oxygens (including phenoxy) is 1. The smallest absolute Gasteiger partial charge is 0.136 e. The summed E-state index contributed by atoms with van der Waals surface area (Å²) < 4.78 is 5.16. The lowest BCUT2D eigenvalue weighted by molar-refractivity contribution is 0.415. The highest BCUT2D eigenvalue weighted by molar-refractivity contribution is 5.59. The molecule has 5 heteroatoms. The third-order valence-electron chi connectivity index (χ3n) is 3.29. The molecule has 0 saturated heterocycles. The van der Waals surface area contributed by atoms with Gasteiger partial charge in [-0.15, -0.1) is 0 Å². The summed E-state index contributed by atoms with van der Waals surface area (Å²) >= 11 is 0. The minimum Gasteiger partial charge on any atom is -0.497 e. The molecule has 2 rings (SSSR count). The Hall–Kier alpha value is -2.30. The molecule has 0 aliphatic carbocycles. The number of unbranched alkanes of at least 4 members (excludes halogenated alkanes) is 2. The van der Waals surface area contributed by atoms with E-state index in [4.69, 9.17) is 4.74 Å². The van der Waals surface area contributed by atoms with E-state index < -0.39 is 0 Å². The van der Waals surface area contributed by atoms with E-state index in [1.807, 2.05) is 37.3 Å². The van der Waals surface area contributed by atoms with Crippen LogP contribution in [0.15, 0.2) is 30.3 Å². The summed E-state index contributed by atoms with van der Waals surface area (Å²) in [5.41, 5.74) is 0.968. The zero-order valence-electron chi connectivity index (χ0n) is 13.5. The summed E-state index contributed by atoms with van der Waals surface area (Å²) in [6.07, 6.45) is 3.60. The van der Waals surface area contributed by atoms with Gasteiger partial charge in [-0.25, -0.2) is 9.97 Å². The molecule has 1 aromatic carbocycles. The Morgan fingerprint density at radius 1 is 1.05 bits per heavy atom. The van der Waals surface area contributed by atoms with Gasteiger partial charge >= 0.3 is 0 Å². The Morgan fingerprint density at radius 3 is 2.45 bits per heavy atom. The molecule has 0 aliphatic heterocycles. The molecule has 2 N–H and O–H groups in total. The number of nitrogens with one attached hydrogen (secondary N) is 2. The Bertz CT molecular complexity index is 584. The van der Waals surface area contributed by atoms with E-state index in [9.17, 15) is 0 Å². The van der Waals surface area contributed by atoms with Gasteiger partial charge in [-0.2, -0.15) is 0 Å². The fraction of sp³-hybridized carbons (Fsp3) is 0.412. The van der Waals surface area contributed by atoms with Crippen molar-refractivity contribution in [3.05, 3.63) is 36.2 Å². The highest BCUT2D eigenvalue weighted by Crippen LogP contribution is 2.20. The van der Waals surface area contributed by atoms with E-state index in [-0.39, 0.29) is 0 Å². The predicted molar refractivity (Wildman–Crippen MR) is 91.1 cm³/mol. The van der Waals surface area contributed by atoms with Crippen molar-refractivity contribution in [3.8, 4) is 5.75 Å². The van der Waals surface area contributed by atoms with Crippen LogP contribution in [0.2, 0.25) is 0 Å². The van der Waals surface area contributed by atoms with Gasteiger partial charge in [-0.05, 0) is 37.6 Å². The summed E-state index contributed by atoms with van der Waals surface area (Å²) in [6.45, 7) is 5.04. The van der Waals surface area contributed by atoms with Crippen molar-refractivity contribution >= 4 is 17.3 Å². The average molecular weight is 300 g/mol. The molecule has 0 aliphatic rings. The first kappa shape index (κ1) is 16.1. The van der Waals surface area contributed by atoms with Gasteiger partial charge < -0.3 is 15.4 Å². The second-order valence-electron chi connectivity index (χ2n) is 5.17. The number of nitrogens with zero attached hydrogens (tertiary/aromatic N) is 2. The number of methoxy groups -OCH3 is 1. The van der Waals surface area contributed by atoms with Crippen LogP contribution in [0.5, 0.6) is 5.75 Å². The van der Waals surface area contributed by atoms with Crippen molar-refractivity contribution < 1.29 is 4.74 Å². The first-order valence-electron chi connectivity index (χ1n) is 7.72. The van der Waals surface area contributed by atoms with E-state index in [2.05, 4.69) is 27.5 Å². The predicted octanol–water partition coefficient (Wildman–Crippen LogP) is 4.14. The fourth-order valence-electron chi connectivity index (χ4n) is 2.14. The quantitative estimate of drug-likeness (QED) is 0.718. The molecule has 0 atom stereocenters. The first-order chi connectivity index (χ1) is 10.7. The van der Waals surface area contributed by atoms with Gasteiger partial charge in [0.25, 0.3) is 0 Å². The maximum Gasteiger partial charge on any atom is 0.136 e.